The number of benzene rings is 1. The van der Waals surface area contributed by atoms with Crippen molar-refractivity contribution in [3.8, 4) is 0 Å². The SMILES string of the molecule is Cl.Clc1ccccc1CN[C@H]1CCNC1. The lowest BCUT2D eigenvalue weighted by Crippen LogP contribution is -2.30. The van der Waals surface area contributed by atoms with Gasteiger partial charge in [0.1, 0.15) is 0 Å². The molecule has 0 saturated carbocycles. The molecule has 0 aliphatic carbocycles. The number of halogens is 2. The average Bonchev–Trinajstić information content (AvgIpc) is 2.69. The Balaban J connectivity index is 0.00000112. The van der Waals surface area contributed by atoms with Crippen molar-refractivity contribution in [2.75, 3.05) is 13.1 Å². The summed E-state index contributed by atoms with van der Waals surface area (Å²) in [6.45, 7) is 3.07. The summed E-state index contributed by atoms with van der Waals surface area (Å²) in [5.41, 5.74) is 1.18. The lowest BCUT2D eigenvalue weighted by Gasteiger charge is -2.11. The second kappa shape index (κ2) is 6.33. The van der Waals surface area contributed by atoms with Crippen molar-refractivity contribution in [3.63, 3.8) is 0 Å². The molecule has 2 N–H and O–H groups in total. The smallest absolute Gasteiger partial charge is 0.0450 e. The van der Waals surface area contributed by atoms with Crippen LogP contribution in [0.25, 0.3) is 0 Å². The van der Waals surface area contributed by atoms with Gasteiger partial charge in [-0.2, -0.15) is 0 Å². The predicted molar refractivity (Wildman–Crippen MR) is 66.8 cm³/mol. The van der Waals surface area contributed by atoms with Crippen LogP contribution in [0.4, 0.5) is 0 Å². The van der Waals surface area contributed by atoms with E-state index < -0.39 is 0 Å². The summed E-state index contributed by atoms with van der Waals surface area (Å²) in [7, 11) is 0. The molecule has 1 aliphatic rings. The van der Waals surface area contributed by atoms with E-state index in [9.17, 15) is 0 Å². The molecule has 1 aliphatic heterocycles. The maximum atomic E-state index is 6.05. The van der Waals surface area contributed by atoms with Gasteiger partial charge in [0.15, 0.2) is 0 Å². The average molecular weight is 247 g/mol. The first-order chi connectivity index (χ1) is 6.86. The van der Waals surface area contributed by atoms with Gasteiger partial charge in [-0.1, -0.05) is 29.8 Å². The summed E-state index contributed by atoms with van der Waals surface area (Å²) in [6, 6.07) is 8.59. The molecule has 15 heavy (non-hydrogen) atoms. The molecular formula is C11H16Cl2N2. The van der Waals surface area contributed by atoms with Crippen LogP contribution in [0.2, 0.25) is 5.02 Å². The molecule has 1 aromatic rings. The summed E-state index contributed by atoms with van der Waals surface area (Å²) in [5, 5.41) is 7.67. The molecule has 1 saturated heterocycles. The third-order valence-corrected chi connectivity index (χ3v) is 2.97. The first-order valence-corrected chi connectivity index (χ1v) is 5.41. The molecule has 0 bridgehead atoms. The van der Waals surface area contributed by atoms with Gasteiger partial charge in [0.25, 0.3) is 0 Å². The van der Waals surface area contributed by atoms with Gasteiger partial charge in [0, 0.05) is 24.2 Å². The van der Waals surface area contributed by atoms with Gasteiger partial charge in [-0.3, -0.25) is 0 Å². The van der Waals surface area contributed by atoms with Crippen molar-refractivity contribution in [3.05, 3.63) is 34.9 Å². The zero-order valence-electron chi connectivity index (χ0n) is 8.50. The van der Waals surface area contributed by atoms with E-state index in [0.717, 1.165) is 24.7 Å². The highest BCUT2D eigenvalue weighted by Crippen LogP contribution is 2.14. The molecule has 4 heteroatoms. The number of nitrogens with one attached hydrogen (secondary N) is 2. The van der Waals surface area contributed by atoms with Crippen LogP contribution in [0.15, 0.2) is 24.3 Å². The molecule has 1 atom stereocenters. The van der Waals surface area contributed by atoms with Crippen molar-refractivity contribution in [1.82, 2.24) is 10.6 Å². The molecule has 0 amide bonds. The van der Waals surface area contributed by atoms with Crippen molar-refractivity contribution < 1.29 is 0 Å². The summed E-state index contributed by atoms with van der Waals surface area (Å²) >= 11 is 6.05. The highest BCUT2D eigenvalue weighted by molar-refractivity contribution is 6.31. The third-order valence-electron chi connectivity index (χ3n) is 2.60. The minimum absolute atomic E-state index is 0. The Morgan fingerprint density at radius 2 is 2.20 bits per heavy atom. The van der Waals surface area contributed by atoms with Crippen LogP contribution in [0.3, 0.4) is 0 Å². The first-order valence-electron chi connectivity index (χ1n) is 5.04. The number of hydrogen-bond acceptors (Lipinski definition) is 2. The second-order valence-corrected chi connectivity index (χ2v) is 4.07. The Labute approximate surface area is 102 Å². The minimum atomic E-state index is 0. The van der Waals surface area contributed by atoms with Crippen LogP contribution in [-0.2, 0) is 6.54 Å². The predicted octanol–water partition coefficient (Wildman–Crippen LogP) is 2.21. The van der Waals surface area contributed by atoms with E-state index in [0.29, 0.717) is 6.04 Å². The van der Waals surface area contributed by atoms with E-state index >= 15 is 0 Å². The van der Waals surface area contributed by atoms with Gasteiger partial charge in [-0.25, -0.2) is 0 Å². The van der Waals surface area contributed by atoms with Gasteiger partial charge < -0.3 is 10.6 Å². The summed E-state index contributed by atoms with van der Waals surface area (Å²) in [6.07, 6.45) is 1.21. The van der Waals surface area contributed by atoms with Gasteiger partial charge in [-0.15, -0.1) is 12.4 Å². The third kappa shape index (κ3) is 3.65. The van der Waals surface area contributed by atoms with E-state index in [1.807, 2.05) is 18.2 Å². The molecule has 84 valence electrons. The number of rotatable bonds is 3. The monoisotopic (exact) mass is 246 g/mol. The fourth-order valence-electron chi connectivity index (χ4n) is 1.72. The van der Waals surface area contributed by atoms with Crippen LogP contribution in [0, 0.1) is 0 Å². The van der Waals surface area contributed by atoms with E-state index in [4.69, 9.17) is 11.6 Å². The highest BCUT2D eigenvalue weighted by Gasteiger charge is 2.13. The van der Waals surface area contributed by atoms with Crippen LogP contribution < -0.4 is 10.6 Å². The molecule has 1 aromatic carbocycles. The van der Waals surface area contributed by atoms with Gasteiger partial charge in [0.2, 0.25) is 0 Å². The van der Waals surface area contributed by atoms with E-state index in [1.165, 1.54) is 12.0 Å². The lowest BCUT2D eigenvalue weighted by atomic mass is 10.2. The van der Waals surface area contributed by atoms with E-state index in [1.54, 1.807) is 0 Å². The number of hydrogen-bond donors (Lipinski definition) is 2. The van der Waals surface area contributed by atoms with Crippen LogP contribution in [-0.4, -0.2) is 19.1 Å². The zero-order valence-corrected chi connectivity index (χ0v) is 10.1. The van der Waals surface area contributed by atoms with Crippen molar-refractivity contribution >= 4 is 24.0 Å². The first kappa shape index (κ1) is 12.8. The minimum Gasteiger partial charge on any atom is -0.315 e. The summed E-state index contributed by atoms with van der Waals surface area (Å²) in [5.74, 6) is 0. The molecule has 0 aromatic heterocycles. The molecule has 2 rings (SSSR count). The zero-order chi connectivity index (χ0) is 9.80. The molecular weight excluding hydrogens is 231 g/mol. The Bertz CT molecular complexity index is 298. The molecule has 0 radical (unpaired) electrons. The topological polar surface area (TPSA) is 24.1 Å². The molecule has 0 unspecified atom stereocenters. The van der Waals surface area contributed by atoms with Crippen LogP contribution in [0.1, 0.15) is 12.0 Å². The Morgan fingerprint density at radius 3 is 2.87 bits per heavy atom. The Morgan fingerprint density at radius 1 is 1.40 bits per heavy atom. The van der Waals surface area contributed by atoms with Crippen molar-refractivity contribution in [2.24, 2.45) is 0 Å². The summed E-state index contributed by atoms with van der Waals surface area (Å²) < 4.78 is 0. The maximum Gasteiger partial charge on any atom is 0.0450 e. The quantitative estimate of drug-likeness (QED) is 0.855. The lowest BCUT2D eigenvalue weighted by molar-refractivity contribution is 0.547. The van der Waals surface area contributed by atoms with Gasteiger partial charge in [0.05, 0.1) is 0 Å². The fraction of sp³-hybridized carbons (Fsp3) is 0.455. The molecule has 1 heterocycles. The normalized spacial score (nSPS) is 19.9. The molecule has 2 nitrogen and oxygen atoms in total. The van der Waals surface area contributed by atoms with E-state index in [-0.39, 0.29) is 12.4 Å². The summed E-state index contributed by atoms with van der Waals surface area (Å²) in [4.78, 5) is 0. The highest BCUT2D eigenvalue weighted by atomic mass is 35.5. The van der Waals surface area contributed by atoms with Gasteiger partial charge in [-0.05, 0) is 24.6 Å². The fourth-order valence-corrected chi connectivity index (χ4v) is 1.93. The van der Waals surface area contributed by atoms with E-state index in [2.05, 4.69) is 16.7 Å². The van der Waals surface area contributed by atoms with Crippen LogP contribution in [0.5, 0.6) is 0 Å². The van der Waals surface area contributed by atoms with Gasteiger partial charge >= 0.3 is 0 Å². The maximum absolute atomic E-state index is 6.05. The molecule has 0 spiro atoms. The Hall–Kier alpha value is -0.280. The molecule has 1 fully saturated rings. The van der Waals surface area contributed by atoms with Crippen molar-refractivity contribution in [1.29, 1.82) is 0 Å². The largest absolute Gasteiger partial charge is 0.315 e. The standard InChI is InChI=1S/C11H15ClN2.ClH/c12-11-4-2-1-3-9(11)7-14-10-5-6-13-8-10;/h1-4,10,13-14H,5-8H2;1H/t10-;/m0./s1. The second-order valence-electron chi connectivity index (χ2n) is 3.66. The Kier molecular flexibility index (Phi) is 5.40. The van der Waals surface area contributed by atoms with Crippen LogP contribution >= 0.6 is 24.0 Å². The van der Waals surface area contributed by atoms with Crippen molar-refractivity contribution in [2.45, 2.75) is 19.0 Å².